The summed E-state index contributed by atoms with van der Waals surface area (Å²) in [5.41, 5.74) is -0.725. The molecule has 2 fully saturated rings. The van der Waals surface area contributed by atoms with Gasteiger partial charge in [0.15, 0.2) is 0 Å². The van der Waals surface area contributed by atoms with E-state index in [0.29, 0.717) is 12.2 Å². The van der Waals surface area contributed by atoms with Crippen LogP contribution in [0.25, 0.3) is 0 Å². The number of aliphatic hydroxyl groups is 2. The number of hydrogen-bond donors (Lipinski definition) is 4. The van der Waals surface area contributed by atoms with Gasteiger partial charge in [-0.05, 0) is 18.6 Å². The van der Waals surface area contributed by atoms with Crippen LogP contribution in [0.1, 0.15) is 12.8 Å². The molecule has 0 amide bonds. The molecule has 2 aliphatic rings. The van der Waals surface area contributed by atoms with Crippen molar-refractivity contribution in [2.24, 2.45) is 5.92 Å². The molecule has 22 heavy (non-hydrogen) atoms. The predicted octanol–water partition coefficient (Wildman–Crippen LogP) is 0.468. The molecule has 2 unspecified atom stereocenters. The Hall–Kier alpha value is -0.950. The van der Waals surface area contributed by atoms with Gasteiger partial charge < -0.3 is 29.5 Å². The molecule has 1 aromatic rings. The lowest BCUT2D eigenvalue weighted by Gasteiger charge is -2.37. The van der Waals surface area contributed by atoms with Crippen LogP contribution in [0.2, 0.25) is 0 Å². The lowest BCUT2D eigenvalue weighted by atomic mass is 9.99. The fourth-order valence-electron chi connectivity index (χ4n) is 2.86. The van der Waals surface area contributed by atoms with Crippen LogP contribution in [0.3, 0.4) is 0 Å². The van der Waals surface area contributed by atoms with Gasteiger partial charge in [-0.3, -0.25) is 4.57 Å². The van der Waals surface area contributed by atoms with Gasteiger partial charge in [-0.15, -0.1) is 0 Å². The Morgan fingerprint density at radius 1 is 1.14 bits per heavy atom. The summed E-state index contributed by atoms with van der Waals surface area (Å²) in [6, 6.07) is 8.74. The summed E-state index contributed by atoms with van der Waals surface area (Å²) in [4.78, 5) is 18.4. The highest BCUT2D eigenvalue weighted by Crippen LogP contribution is 2.60. The molecule has 6 atom stereocenters. The first-order valence-electron chi connectivity index (χ1n) is 7.15. The Labute approximate surface area is 127 Å². The molecule has 1 heterocycles. The summed E-state index contributed by atoms with van der Waals surface area (Å²) >= 11 is 0. The Morgan fingerprint density at radius 2 is 1.82 bits per heavy atom. The minimum atomic E-state index is -4.14. The number of aliphatic hydroxyl groups excluding tert-OH is 2. The van der Waals surface area contributed by atoms with Crippen molar-refractivity contribution in [2.75, 3.05) is 0 Å². The molecule has 1 aromatic carbocycles. The van der Waals surface area contributed by atoms with E-state index in [4.69, 9.17) is 9.47 Å². The highest BCUT2D eigenvalue weighted by Gasteiger charge is 2.56. The molecule has 7 nitrogen and oxygen atoms in total. The molecule has 1 saturated heterocycles. The summed E-state index contributed by atoms with van der Waals surface area (Å²) in [5.74, 6) is 0.173. The van der Waals surface area contributed by atoms with Crippen LogP contribution in [0, 0.1) is 5.92 Å². The molecule has 4 N–H and O–H groups in total. The summed E-state index contributed by atoms with van der Waals surface area (Å²) in [5, 5.41) is 19.9. The van der Waals surface area contributed by atoms with Crippen molar-refractivity contribution in [2.45, 2.75) is 43.1 Å². The van der Waals surface area contributed by atoms with Crippen LogP contribution in [-0.2, 0) is 9.30 Å². The first-order valence-corrected chi connectivity index (χ1v) is 8.83. The molecule has 3 rings (SSSR count). The van der Waals surface area contributed by atoms with Crippen LogP contribution >= 0.6 is 7.60 Å². The van der Waals surface area contributed by atoms with Crippen molar-refractivity contribution < 1.29 is 34.0 Å². The van der Waals surface area contributed by atoms with Gasteiger partial charge >= 0.3 is 7.60 Å². The van der Waals surface area contributed by atoms with E-state index in [1.807, 2.05) is 6.07 Å². The van der Waals surface area contributed by atoms with E-state index in [1.54, 1.807) is 24.3 Å². The third-order valence-corrected chi connectivity index (χ3v) is 5.62. The van der Waals surface area contributed by atoms with Gasteiger partial charge in [0.25, 0.3) is 0 Å². The second-order valence-electron chi connectivity index (χ2n) is 5.82. The molecule has 0 spiro atoms. The summed E-state index contributed by atoms with van der Waals surface area (Å²) < 4.78 is 22.4. The molecule has 0 radical (unpaired) electrons. The Kier molecular flexibility index (Phi) is 4.29. The molecular weight excluding hydrogens is 311 g/mol. The summed E-state index contributed by atoms with van der Waals surface area (Å²) in [6.07, 6.45) is -3.36. The molecule has 0 aromatic heterocycles. The maximum absolute atomic E-state index is 11.3. The number of para-hydroxylation sites is 1. The summed E-state index contributed by atoms with van der Waals surface area (Å²) in [7, 11) is -4.14. The quantitative estimate of drug-likeness (QED) is 0.593. The van der Waals surface area contributed by atoms with Crippen molar-refractivity contribution in [3.05, 3.63) is 30.3 Å². The fraction of sp³-hybridized carbons (Fsp3) is 0.571. The van der Waals surface area contributed by atoms with Gasteiger partial charge in [-0.1, -0.05) is 18.2 Å². The normalized spacial score (nSPS) is 38.5. The van der Waals surface area contributed by atoms with E-state index < -0.39 is 37.9 Å². The van der Waals surface area contributed by atoms with Crippen LogP contribution < -0.4 is 4.74 Å². The molecule has 122 valence electrons. The summed E-state index contributed by atoms with van der Waals surface area (Å²) in [6.45, 7) is 0. The van der Waals surface area contributed by atoms with E-state index in [2.05, 4.69) is 0 Å². The van der Waals surface area contributed by atoms with Crippen molar-refractivity contribution in [1.29, 1.82) is 0 Å². The Bertz CT molecular complexity index is 560. The monoisotopic (exact) mass is 330 g/mol. The second-order valence-corrected chi connectivity index (χ2v) is 7.66. The zero-order valence-corrected chi connectivity index (χ0v) is 12.6. The predicted molar refractivity (Wildman–Crippen MR) is 76.3 cm³/mol. The van der Waals surface area contributed by atoms with Crippen molar-refractivity contribution in [3.63, 3.8) is 0 Å². The zero-order valence-electron chi connectivity index (χ0n) is 11.7. The standard InChI is InChI=1S/C14H19O7P/c15-10-7-11(9-6-12(9)22(17,18)19)21-14(13(10)16)20-8-4-2-1-3-5-8/h1-5,9-16H,6-7H2,(H2,17,18,19)/t9?,10-,11-,12?,13-,14-/m0/s1. The minimum Gasteiger partial charge on any atom is -0.462 e. The van der Waals surface area contributed by atoms with Crippen LogP contribution in [0.4, 0.5) is 0 Å². The minimum absolute atomic E-state index is 0.136. The maximum Gasteiger partial charge on any atom is 0.328 e. The van der Waals surface area contributed by atoms with Gasteiger partial charge in [0.2, 0.25) is 6.29 Å². The van der Waals surface area contributed by atoms with Crippen molar-refractivity contribution in [3.8, 4) is 5.75 Å². The molecule has 8 heteroatoms. The molecule has 1 aliphatic heterocycles. The first kappa shape index (κ1) is 15.9. The van der Waals surface area contributed by atoms with E-state index in [-0.39, 0.29) is 12.3 Å². The number of hydrogen-bond acceptors (Lipinski definition) is 5. The second kappa shape index (κ2) is 5.92. The topological polar surface area (TPSA) is 116 Å². The van der Waals surface area contributed by atoms with Crippen molar-refractivity contribution >= 4 is 7.60 Å². The van der Waals surface area contributed by atoms with Gasteiger partial charge in [0, 0.05) is 12.3 Å². The average molecular weight is 330 g/mol. The highest BCUT2D eigenvalue weighted by atomic mass is 31.2. The number of ether oxygens (including phenoxy) is 2. The van der Waals surface area contributed by atoms with Gasteiger partial charge in [0.1, 0.15) is 11.9 Å². The van der Waals surface area contributed by atoms with E-state index in [9.17, 15) is 24.6 Å². The number of benzene rings is 1. The lowest BCUT2D eigenvalue weighted by molar-refractivity contribution is -0.239. The highest BCUT2D eigenvalue weighted by molar-refractivity contribution is 7.53. The Balaban J connectivity index is 1.67. The molecular formula is C14H19O7P. The van der Waals surface area contributed by atoms with Gasteiger partial charge in [0.05, 0.1) is 17.9 Å². The third kappa shape index (κ3) is 3.35. The van der Waals surface area contributed by atoms with E-state index in [0.717, 1.165) is 0 Å². The lowest BCUT2D eigenvalue weighted by Crippen LogP contribution is -2.51. The van der Waals surface area contributed by atoms with E-state index >= 15 is 0 Å². The SMILES string of the molecule is O=P(O)(O)C1CC1[C@@H]1C[C@H](O)[C@H](O)[C@@H](Oc2ccccc2)O1. The molecule has 1 saturated carbocycles. The van der Waals surface area contributed by atoms with E-state index in [1.165, 1.54) is 0 Å². The van der Waals surface area contributed by atoms with Crippen LogP contribution in [0.15, 0.2) is 30.3 Å². The van der Waals surface area contributed by atoms with Crippen molar-refractivity contribution in [1.82, 2.24) is 0 Å². The Morgan fingerprint density at radius 3 is 2.41 bits per heavy atom. The third-order valence-electron chi connectivity index (χ3n) is 4.17. The molecule has 0 bridgehead atoms. The average Bonchev–Trinajstić information content (AvgIpc) is 3.25. The largest absolute Gasteiger partial charge is 0.462 e. The van der Waals surface area contributed by atoms with Crippen LogP contribution in [0.5, 0.6) is 5.75 Å². The maximum atomic E-state index is 11.3. The van der Waals surface area contributed by atoms with Gasteiger partial charge in [-0.2, -0.15) is 0 Å². The molecule has 1 aliphatic carbocycles. The zero-order chi connectivity index (χ0) is 15.9. The number of rotatable bonds is 4. The van der Waals surface area contributed by atoms with Crippen LogP contribution in [-0.4, -0.2) is 50.3 Å². The smallest absolute Gasteiger partial charge is 0.328 e. The van der Waals surface area contributed by atoms with Gasteiger partial charge in [-0.25, -0.2) is 0 Å². The fourth-order valence-corrected chi connectivity index (χ4v) is 4.07. The first-order chi connectivity index (χ1) is 10.4.